The third kappa shape index (κ3) is 7.89. The quantitative estimate of drug-likeness (QED) is 0.186. The fraction of sp³-hybridized carbons (Fsp3) is 0.538. The molecule has 0 aliphatic rings. The van der Waals surface area contributed by atoms with Gasteiger partial charge in [-0.2, -0.15) is 0 Å². The highest BCUT2D eigenvalue weighted by atomic mass is 35.5. The van der Waals surface area contributed by atoms with Crippen molar-refractivity contribution in [2.75, 3.05) is 0 Å². The predicted molar refractivity (Wildman–Crippen MR) is 93.7 cm³/mol. The molecule has 140 valence electrons. The molecule has 0 aromatic rings. The van der Waals surface area contributed by atoms with Crippen LogP contribution in [0.25, 0.3) is 0 Å². The van der Waals surface area contributed by atoms with Crippen LogP contribution in [0.4, 0.5) is 0 Å². The normalized spacial score (nSPS) is 11.8. The Hall–Kier alpha value is -0.240. The van der Waals surface area contributed by atoms with Crippen molar-refractivity contribution in [1.29, 1.82) is 0 Å². The number of halogens is 6. The molecule has 0 saturated heterocycles. The van der Waals surface area contributed by atoms with Crippen LogP contribution >= 0.6 is 69.6 Å². The van der Waals surface area contributed by atoms with E-state index in [0.717, 1.165) is 0 Å². The maximum Gasteiger partial charge on any atom is 0.237 e. The number of carbonyl (C=O) groups is 6. The van der Waals surface area contributed by atoms with Crippen molar-refractivity contribution in [3.8, 4) is 0 Å². The average Bonchev–Trinajstić information content (AvgIpc) is 2.48. The standard InChI is InChI=1S/C13H10Cl6O6/c14-9(23)3-4-12(16,17)13(18,19)11(25)7(21)2-1-6(20)8(22)5-10(15)24/h1-5H2. The lowest BCUT2D eigenvalue weighted by Gasteiger charge is -2.30. The Morgan fingerprint density at radius 2 is 1.12 bits per heavy atom. The third-order valence-electron chi connectivity index (χ3n) is 2.82. The molecule has 0 saturated carbocycles. The lowest BCUT2D eigenvalue weighted by molar-refractivity contribution is -0.140. The highest BCUT2D eigenvalue weighted by Crippen LogP contribution is 2.46. The lowest BCUT2D eigenvalue weighted by Crippen LogP contribution is -2.47. The maximum atomic E-state index is 12.0. The molecule has 0 aliphatic heterocycles. The Morgan fingerprint density at radius 3 is 1.56 bits per heavy atom. The average molecular weight is 475 g/mol. The predicted octanol–water partition coefficient (Wildman–Crippen LogP) is 3.09. The zero-order valence-electron chi connectivity index (χ0n) is 12.3. The second-order valence-electron chi connectivity index (χ2n) is 4.76. The van der Waals surface area contributed by atoms with Crippen molar-refractivity contribution < 1.29 is 28.8 Å². The van der Waals surface area contributed by atoms with E-state index in [1.54, 1.807) is 0 Å². The van der Waals surface area contributed by atoms with Crippen LogP contribution in [-0.4, -0.2) is 42.3 Å². The van der Waals surface area contributed by atoms with Crippen LogP contribution in [-0.2, 0) is 28.8 Å². The van der Waals surface area contributed by atoms with Gasteiger partial charge >= 0.3 is 0 Å². The summed E-state index contributed by atoms with van der Waals surface area (Å²) < 4.78 is -4.82. The third-order valence-corrected chi connectivity index (χ3v) is 5.47. The van der Waals surface area contributed by atoms with Crippen molar-refractivity contribution >= 4 is 103 Å². The van der Waals surface area contributed by atoms with Crippen LogP contribution in [0.2, 0.25) is 0 Å². The van der Waals surface area contributed by atoms with Gasteiger partial charge in [0.05, 0.1) is 6.42 Å². The van der Waals surface area contributed by atoms with Crippen molar-refractivity contribution in [3.63, 3.8) is 0 Å². The largest absolute Gasteiger partial charge is 0.291 e. The Kier molecular flexibility index (Phi) is 10.1. The number of Topliss-reactive ketones (excluding diaryl/α,β-unsaturated/α-hetero) is 4. The summed E-state index contributed by atoms with van der Waals surface area (Å²) in [5, 5.41) is -1.85. The Bertz CT molecular complexity index is 612. The van der Waals surface area contributed by atoms with Gasteiger partial charge in [-0.3, -0.25) is 28.8 Å². The van der Waals surface area contributed by atoms with E-state index in [1.807, 2.05) is 0 Å². The number of alkyl halides is 4. The molecule has 0 spiro atoms. The maximum absolute atomic E-state index is 12.0. The van der Waals surface area contributed by atoms with Crippen LogP contribution in [0.1, 0.15) is 32.1 Å². The smallest absolute Gasteiger partial charge is 0.237 e. The lowest BCUT2D eigenvalue weighted by atomic mass is 10.0. The monoisotopic (exact) mass is 472 g/mol. The molecule has 0 N–H and O–H groups in total. The Balaban J connectivity index is 4.88. The van der Waals surface area contributed by atoms with E-state index >= 15 is 0 Å². The van der Waals surface area contributed by atoms with Crippen LogP contribution < -0.4 is 0 Å². The number of carbonyl (C=O) groups excluding carboxylic acids is 6. The van der Waals surface area contributed by atoms with Gasteiger partial charge in [0.25, 0.3) is 0 Å². The number of hydrogen-bond acceptors (Lipinski definition) is 6. The first-order valence-electron chi connectivity index (χ1n) is 6.48. The van der Waals surface area contributed by atoms with Crippen LogP contribution in [0.15, 0.2) is 0 Å². The molecule has 0 radical (unpaired) electrons. The highest BCUT2D eigenvalue weighted by molar-refractivity contribution is 6.74. The van der Waals surface area contributed by atoms with Crippen LogP contribution in [0.5, 0.6) is 0 Å². The number of rotatable bonds is 12. The molecule has 6 nitrogen and oxygen atoms in total. The molecule has 0 bridgehead atoms. The molecule has 0 amide bonds. The summed E-state index contributed by atoms with van der Waals surface area (Å²) in [5.41, 5.74) is 0. The van der Waals surface area contributed by atoms with E-state index in [4.69, 9.17) is 69.6 Å². The molecule has 0 aromatic carbocycles. The first kappa shape index (κ1) is 24.8. The van der Waals surface area contributed by atoms with E-state index in [1.165, 1.54) is 0 Å². The van der Waals surface area contributed by atoms with Gasteiger partial charge in [0.15, 0.2) is 10.1 Å². The van der Waals surface area contributed by atoms with Crippen LogP contribution in [0.3, 0.4) is 0 Å². The molecule has 0 heterocycles. The zero-order valence-corrected chi connectivity index (χ0v) is 16.8. The van der Waals surface area contributed by atoms with E-state index in [9.17, 15) is 28.8 Å². The van der Waals surface area contributed by atoms with E-state index < -0.39 is 68.0 Å². The molecule has 25 heavy (non-hydrogen) atoms. The van der Waals surface area contributed by atoms with Gasteiger partial charge in [-0.25, -0.2) is 0 Å². The van der Waals surface area contributed by atoms with Crippen molar-refractivity contribution in [2.24, 2.45) is 0 Å². The topological polar surface area (TPSA) is 102 Å². The zero-order chi connectivity index (χ0) is 20.0. The van der Waals surface area contributed by atoms with Gasteiger partial charge in [0.2, 0.25) is 32.2 Å². The summed E-state index contributed by atoms with van der Waals surface area (Å²) in [5.74, 6) is -4.81. The molecular weight excluding hydrogens is 465 g/mol. The molecule has 0 fully saturated rings. The van der Waals surface area contributed by atoms with E-state index in [-0.39, 0.29) is 6.42 Å². The minimum absolute atomic E-state index is 0.364. The fourth-order valence-corrected chi connectivity index (χ4v) is 2.43. The van der Waals surface area contributed by atoms with Crippen molar-refractivity contribution in [2.45, 2.75) is 40.8 Å². The van der Waals surface area contributed by atoms with Gasteiger partial charge in [0.1, 0.15) is 0 Å². The molecule has 0 aliphatic carbocycles. The summed E-state index contributed by atoms with van der Waals surface area (Å²) >= 11 is 33.3. The van der Waals surface area contributed by atoms with Crippen molar-refractivity contribution in [1.82, 2.24) is 0 Å². The minimum Gasteiger partial charge on any atom is -0.291 e. The molecule has 0 rings (SSSR count). The Labute approximate surface area is 172 Å². The SMILES string of the molecule is O=C(Cl)CCC(Cl)(Cl)C(Cl)(Cl)C(=O)C(=O)CCC(=O)C(=O)CC(=O)Cl. The summed E-state index contributed by atoms with van der Waals surface area (Å²) in [7, 11) is 0. The number of hydrogen-bond donors (Lipinski definition) is 0. The fourth-order valence-electron chi connectivity index (χ4n) is 1.46. The summed E-state index contributed by atoms with van der Waals surface area (Å²) in [6.07, 6.45) is -2.97. The summed E-state index contributed by atoms with van der Waals surface area (Å²) in [4.78, 5) is 67.8. The number of ketones is 4. The minimum atomic E-state index is -2.61. The second-order valence-corrected chi connectivity index (χ2v) is 8.42. The molecular formula is C13H10Cl6O6. The van der Waals surface area contributed by atoms with Gasteiger partial charge in [-0.15, -0.1) is 0 Å². The molecule has 0 unspecified atom stereocenters. The van der Waals surface area contributed by atoms with Crippen molar-refractivity contribution in [3.05, 3.63) is 0 Å². The second kappa shape index (κ2) is 10.2. The van der Waals surface area contributed by atoms with Gasteiger partial charge in [-0.1, -0.05) is 46.4 Å². The summed E-state index contributed by atoms with van der Waals surface area (Å²) in [6, 6.07) is 0. The highest BCUT2D eigenvalue weighted by Gasteiger charge is 2.54. The van der Waals surface area contributed by atoms with Gasteiger partial charge in [0, 0.05) is 19.3 Å². The van der Waals surface area contributed by atoms with Gasteiger partial charge in [-0.05, 0) is 29.6 Å². The van der Waals surface area contributed by atoms with Crippen LogP contribution in [0, 0.1) is 0 Å². The van der Waals surface area contributed by atoms with E-state index in [0.29, 0.717) is 0 Å². The van der Waals surface area contributed by atoms with Gasteiger partial charge < -0.3 is 0 Å². The summed E-state index contributed by atoms with van der Waals surface area (Å²) in [6.45, 7) is 0. The molecule has 0 aromatic heterocycles. The van der Waals surface area contributed by atoms with E-state index in [2.05, 4.69) is 0 Å². The molecule has 12 heteroatoms. The first-order chi connectivity index (χ1) is 11.2. The first-order valence-corrected chi connectivity index (χ1v) is 8.75. The Morgan fingerprint density at radius 1 is 0.640 bits per heavy atom. The molecule has 0 atom stereocenters.